The number of fused-ring (bicyclic) bond motifs is 2. The summed E-state index contributed by atoms with van der Waals surface area (Å²) in [6.45, 7) is 0.327. The number of hydrogen-bond donors (Lipinski definition) is 0. The highest BCUT2D eigenvalue weighted by molar-refractivity contribution is 9.10. The Bertz CT molecular complexity index is 1280. The molecule has 0 saturated carbocycles. The van der Waals surface area contributed by atoms with Crippen LogP contribution in [-0.2, 0) is 6.54 Å². The number of aromatic nitrogens is 1. The van der Waals surface area contributed by atoms with E-state index in [-0.39, 0.29) is 17.1 Å². The van der Waals surface area contributed by atoms with Gasteiger partial charge in [-0.15, -0.1) is 0 Å². The van der Waals surface area contributed by atoms with Crippen molar-refractivity contribution in [2.24, 2.45) is 0 Å². The summed E-state index contributed by atoms with van der Waals surface area (Å²) in [4.78, 5) is 32.5. The van der Waals surface area contributed by atoms with E-state index in [1.165, 1.54) is 0 Å². The Hall–Kier alpha value is -3.25. The number of nitrogens with zero attached hydrogens (tertiary/aromatic N) is 2. The highest BCUT2D eigenvalue weighted by Gasteiger charge is 2.42. The van der Waals surface area contributed by atoms with Crippen LogP contribution in [0.2, 0.25) is 0 Å². The number of halogens is 1. The van der Waals surface area contributed by atoms with Crippen LogP contribution in [0.15, 0.2) is 86.7 Å². The summed E-state index contributed by atoms with van der Waals surface area (Å²) in [5.74, 6) is -0.176. The second-order valence-corrected chi connectivity index (χ2v) is 7.83. The summed E-state index contributed by atoms with van der Waals surface area (Å²) < 4.78 is 6.85. The van der Waals surface area contributed by atoms with Gasteiger partial charge in [-0.05, 0) is 41.5 Å². The second-order valence-electron chi connectivity index (χ2n) is 6.92. The molecular weight excluding hydrogens is 432 g/mol. The van der Waals surface area contributed by atoms with Gasteiger partial charge in [-0.2, -0.15) is 0 Å². The Balaban J connectivity index is 1.73. The van der Waals surface area contributed by atoms with Crippen molar-refractivity contribution >= 4 is 32.8 Å². The molecule has 1 aliphatic heterocycles. The van der Waals surface area contributed by atoms with Crippen LogP contribution in [0.3, 0.4) is 0 Å². The van der Waals surface area contributed by atoms with Crippen LogP contribution in [0.5, 0.6) is 0 Å². The number of carbonyl (C=O) groups is 1. The first-order valence-electron chi connectivity index (χ1n) is 9.14. The molecule has 2 aromatic carbocycles. The van der Waals surface area contributed by atoms with Crippen LogP contribution in [-0.4, -0.2) is 15.8 Å². The number of para-hydroxylation sites is 1. The Morgan fingerprint density at radius 1 is 1.00 bits per heavy atom. The van der Waals surface area contributed by atoms with Gasteiger partial charge < -0.3 is 9.32 Å². The second kappa shape index (κ2) is 6.97. The predicted molar refractivity (Wildman–Crippen MR) is 113 cm³/mol. The average molecular weight is 447 g/mol. The minimum Gasteiger partial charge on any atom is -0.450 e. The molecule has 4 aromatic rings. The standard InChI is InChI=1S/C23H15BrN2O3/c24-16-9-7-15(8-10-16)20-19-21(27)17-5-1-2-6-18(17)29-22(19)23(28)26(20)13-14-4-3-11-25-12-14/h1-12,20H,13H2. The Kier molecular flexibility index (Phi) is 4.28. The summed E-state index contributed by atoms with van der Waals surface area (Å²) >= 11 is 3.44. The summed E-state index contributed by atoms with van der Waals surface area (Å²) in [5, 5.41) is 0.476. The van der Waals surface area contributed by atoms with E-state index in [0.717, 1.165) is 15.6 Å². The molecule has 6 heteroatoms. The Morgan fingerprint density at radius 2 is 1.79 bits per heavy atom. The minimum absolute atomic E-state index is 0.116. The molecule has 142 valence electrons. The zero-order valence-electron chi connectivity index (χ0n) is 15.2. The highest BCUT2D eigenvalue weighted by atomic mass is 79.9. The average Bonchev–Trinajstić information content (AvgIpc) is 3.02. The predicted octanol–water partition coefficient (Wildman–Crippen LogP) is 4.70. The molecule has 0 spiro atoms. The van der Waals surface area contributed by atoms with Gasteiger partial charge >= 0.3 is 0 Å². The normalized spacial score (nSPS) is 15.7. The van der Waals surface area contributed by atoms with E-state index >= 15 is 0 Å². The van der Waals surface area contributed by atoms with Crippen LogP contribution in [0.25, 0.3) is 11.0 Å². The van der Waals surface area contributed by atoms with Gasteiger partial charge in [-0.25, -0.2) is 0 Å². The molecule has 29 heavy (non-hydrogen) atoms. The fourth-order valence-electron chi connectivity index (χ4n) is 3.81. The van der Waals surface area contributed by atoms with Crippen molar-refractivity contribution in [2.75, 3.05) is 0 Å². The number of pyridine rings is 1. The molecule has 0 bridgehead atoms. The maximum Gasteiger partial charge on any atom is 0.291 e. The van der Waals surface area contributed by atoms with Gasteiger partial charge in [0.15, 0.2) is 5.43 Å². The number of carbonyl (C=O) groups excluding carboxylic acids is 1. The van der Waals surface area contributed by atoms with E-state index in [9.17, 15) is 9.59 Å². The van der Waals surface area contributed by atoms with Crippen molar-refractivity contribution in [1.82, 2.24) is 9.88 Å². The monoisotopic (exact) mass is 446 g/mol. The molecule has 2 aromatic heterocycles. The van der Waals surface area contributed by atoms with Crippen molar-refractivity contribution in [2.45, 2.75) is 12.6 Å². The lowest BCUT2D eigenvalue weighted by Gasteiger charge is -2.25. The first-order valence-corrected chi connectivity index (χ1v) is 9.94. The van der Waals surface area contributed by atoms with Gasteiger partial charge in [0.25, 0.3) is 5.91 Å². The van der Waals surface area contributed by atoms with Gasteiger partial charge in [-0.3, -0.25) is 14.6 Å². The molecule has 0 fully saturated rings. The maximum absolute atomic E-state index is 13.4. The van der Waals surface area contributed by atoms with Crippen LogP contribution < -0.4 is 5.43 Å². The van der Waals surface area contributed by atoms with Crippen molar-refractivity contribution in [3.8, 4) is 0 Å². The van der Waals surface area contributed by atoms with E-state index in [2.05, 4.69) is 20.9 Å². The molecule has 1 unspecified atom stereocenters. The number of amides is 1. The third kappa shape index (κ3) is 2.96. The fourth-order valence-corrected chi connectivity index (χ4v) is 4.07. The molecule has 1 atom stereocenters. The Labute approximate surface area is 174 Å². The largest absolute Gasteiger partial charge is 0.450 e. The van der Waals surface area contributed by atoms with Crippen LogP contribution in [0, 0.1) is 0 Å². The van der Waals surface area contributed by atoms with Crippen molar-refractivity contribution in [3.63, 3.8) is 0 Å². The molecule has 1 amide bonds. The van der Waals surface area contributed by atoms with Crippen LogP contribution in [0.1, 0.15) is 33.3 Å². The van der Waals surface area contributed by atoms with Gasteiger partial charge in [0, 0.05) is 23.4 Å². The van der Waals surface area contributed by atoms with Gasteiger partial charge in [-0.1, -0.05) is 46.3 Å². The number of benzene rings is 2. The van der Waals surface area contributed by atoms with E-state index in [1.807, 2.05) is 36.4 Å². The zero-order chi connectivity index (χ0) is 20.0. The molecule has 0 N–H and O–H groups in total. The minimum atomic E-state index is -0.522. The van der Waals surface area contributed by atoms with E-state index in [0.29, 0.717) is 23.1 Å². The SMILES string of the molecule is O=C1c2oc3ccccc3c(=O)c2C(c2ccc(Br)cc2)N1Cc1cccnc1. The molecule has 5 nitrogen and oxygen atoms in total. The summed E-state index contributed by atoms with van der Waals surface area (Å²) in [7, 11) is 0. The fraction of sp³-hybridized carbons (Fsp3) is 0.0870. The lowest BCUT2D eigenvalue weighted by molar-refractivity contribution is 0.0714. The molecule has 0 radical (unpaired) electrons. The highest BCUT2D eigenvalue weighted by Crippen LogP contribution is 2.39. The molecule has 0 saturated heterocycles. The smallest absolute Gasteiger partial charge is 0.291 e. The molecule has 3 heterocycles. The summed E-state index contributed by atoms with van der Waals surface area (Å²) in [6, 6.07) is 17.9. The quantitative estimate of drug-likeness (QED) is 0.457. The summed E-state index contributed by atoms with van der Waals surface area (Å²) in [5.41, 5.74) is 2.37. The number of rotatable bonds is 3. The first kappa shape index (κ1) is 17.8. The Morgan fingerprint density at radius 3 is 2.55 bits per heavy atom. The van der Waals surface area contributed by atoms with Crippen LogP contribution in [0.4, 0.5) is 0 Å². The topological polar surface area (TPSA) is 63.4 Å². The van der Waals surface area contributed by atoms with Gasteiger partial charge in [0.05, 0.1) is 17.0 Å². The van der Waals surface area contributed by atoms with Crippen molar-refractivity contribution in [1.29, 1.82) is 0 Å². The third-order valence-corrected chi connectivity index (χ3v) is 5.66. The van der Waals surface area contributed by atoms with E-state index in [1.54, 1.807) is 41.6 Å². The third-order valence-electron chi connectivity index (χ3n) is 5.13. The first-order chi connectivity index (χ1) is 14.1. The molecular formula is C23H15BrN2O3. The van der Waals surface area contributed by atoms with E-state index in [4.69, 9.17) is 4.42 Å². The zero-order valence-corrected chi connectivity index (χ0v) is 16.8. The lowest BCUT2D eigenvalue weighted by Crippen LogP contribution is -2.29. The van der Waals surface area contributed by atoms with Gasteiger partial charge in [0.2, 0.25) is 5.76 Å². The summed E-state index contributed by atoms with van der Waals surface area (Å²) in [6.07, 6.45) is 3.41. The maximum atomic E-state index is 13.4. The van der Waals surface area contributed by atoms with E-state index < -0.39 is 6.04 Å². The van der Waals surface area contributed by atoms with Crippen molar-refractivity contribution in [3.05, 3.63) is 110 Å². The molecule has 0 aliphatic carbocycles. The number of hydrogen-bond acceptors (Lipinski definition) is 4. The van der Waals surface area contributed by atoms with Gasteiger partial charge in [0.1, 0.15) is 5.58 Å². The molecule has 5 rings (SSSR count). The lowest BCUT2D eigenvalue weighted by atomic mass is 9.98. The molecule has 1 aliphatic rings. The van der Waals surface area contributed by atoms with Crippen LogP contribution >= 0.6 is 15.9 Å². The van der Waals surface area contributed by atoms with Crippen molar-refractivity contribution < 1.29 is 9.21 Å².